The first-order valence-electron chi connectivity index (χ1n) is 8.47. The highest BCUT2D eigenvalue weighted by atomic mass is 32.2. The van der Waals surface area contributed by atoms with Crippen LogP contribution in [0, 0.1) is 5.92 Å². The third-order valence-electron chi connectivity index (χ3n) is 4.96. The third kappa shape index (κ3) is 3.49. The zero-order valence-corrected chi connectivity index (χ0v) is 15.4. The lowest BCUT2D eigenvalue weighted by Crippen LogP contribution is -2.60. The van der Waals surface area contributed by atoms with Gasteiger partial charge >= 0.3 is 0 Å². The second-order valence-corrected chi connectivity index (χ2v) is 9.48. The van der Waals surface area contributed by atoms with Crippen molar-refractivity contribution in [2.75, 3.05) is 24.6 Å². The predicted molar refractivity (Wildman–Crippen MR) is 91.0 cm³/mol. The molecule has 0 unspecified atom stereocenters. The number of rotatable bonds is 4. The maximum Gasteiger partial charge on any atom is 0.223 e. The van der Waals surface area contributed by atoms with Crippen molar-refractivity contribution in [2.24, 2.45) is 13.0 Å². The Labute approximate surface area is 143 Å². The third-order valence-corrected chi connectivity index (χ3v) is 6.66. The van der Waals surface area contributed by atoms with Gasteiger partial charge in [0.1, 0.15) is 5.82 Å². The summed E-state index contributed by atoms with van der Waals surface area (Å²) in [5.41, 5.74) is 0. The molecule has 0 saturated carbocycles. The lowest BCUT2D eigenvalue weighted by Gasteiger charge is -2.44. The number of fused-ring (bicyclic) bond motifs is 1. The van der Waals surface area contributed by atoms with Crippen LogP contribution < -0.4 is 0 Å². The van der Waals surface area contributed by atoms with E-state index in [0.29, 0.717) is 26.1 Å². The summed E-state index contributed by atoms with van der Waals surface area (Å²) in [6, 6.07) is -0.355. The summed E-state index contributed by atoms with van der Waals surface area (Å²) in [6.07, 6.45) is 4.11. The van der Waals surface area contributed by atoms with Crippen molar-refractivity contribution in [2.45, 2.75) is 38.9 Å². The molecule has 7 nitrogen and oxygen atoms in total. The summed E-state index contributed by atoms with van der Waals surface area (Å²) < 4.78 is 26.4. The molecule has 134 valence electrons. The Balaban J connectivity index is 1.80. The van der Waals surface area contributed by atoms with E-state index in [4.69, 9.17) is 0 Å². The highest BCUT2D eigenvalue weighted by Gasteiger charge is 2.48. The van der Waals surface area contributed by atoms with E-state index in [1.807, 2.05) is 36.6 Å². The number of amides is 1. The first-order valence-corrected chi connectivity index (χ1v) is 10.3. The lowest BCUT2D eigenvalue weighted by molar-refractivity contribution is -0.138. The SMILES string of the molecule is CC(C)CC(=O)N1CCN(Cc2nccn2C)[C@H]2CS(=O)(=O)C[C@H]21. The van der Waals surface area contributed by atoms with Crippen molar-refractivity contribution < 1.29 is 13.2 Å². The molecule has 1 aromatic heterocycles. The van der Waals surface area contributed by atoms with Gasteiger partial charge in [0.2, 0.25) is 5.91 Å². The Kier molecular flexibility index (Phi) is 4.70. The van der Waals surface area contributed by atoms with Gasteiger partial charge in [-0.15, -0.1) is 0 Å². The van der Waals surface area contributed by atoms with Crippen LogP contribution in [0.15, 0.2) is 12.4 Å². The van der Waals surface area contributed by atoms with E-state index >= 15 is 0 Å². The van der Waals surface area contributed by atoms with Crippen LogP contribution in [-0.4, -0.2) is 70.4 Å². The van der Waals surface area contributed by atoms with Gasteiger partial charge < -0.3 is 9.47 Å². The highest BCUT2D eigenvalue weighted by molar-refractivity contribution is 7.91. The summed E-state index contributed by atoms with van der Waals surface area (Å²) in [5.74, 6) is 1.49. The molecule has 3 rings (SSSR count). The molecule has 0 bridgehead atoms. The van der Waals surface area contributed by atoms with Crippen molar-refractivity contribution in [3.8, 4) is 0 Å². The number of carbonyl (C=O) groups excluding carboxylic acids is 1. The number of sulfone groups is 1. The topological polar surface area (TPSA) is 75.5 Å². The van der Waals surface area contributed by atoms with Gasteiger partial charge in [0, 0.05) is 45.0 Å². The number of aryl methyl sites for hydroxylation is 1. The van der Waals surface area contributed by atoms with Crippen molar-refractivity contribution in [3.63, 3.8) is 0 Å². The van der Waals surface area contributed by atoms with E-state index in [0.717, 1.165) is 5.82 Å². The minimum absolute atomic E-state index is 0.0775. The van der Waals surface area contributed by atoms with Gasteiger partial charge in [-0.2, -0.15) is 0 Å². The fraction of sp³-hybridized carbons (Fsp3) is 0.750. The van der Waals surface area contributed by atoms with Crippen LogP contribution in [0.5, 0.6) is 0 Å². The van der Waals surface area contributed by atoms with E-state index < -0.39 is 9.84 Å². The standard InChI is InChI=1S/C16H26N4O3S/c1-12(2)8-16(21)20-7-6-19(9-15-17-4-5-18(15)3)13-10-24(22,23)11-14(13)20/h4-5,12-14H,6-11H2,1-3H3/t13-,14+/m0/s1. The number of hydrogen-bond donors (Lipinski definition) is 0. The Morgan fingerprint density at radius 1 is 1.29 bits per heavy atom. The molecular formula is C16H26N4O3S. The fourth-order valence-electron chi connectivity index (χ4n) is 3.73. The molecule has 24 heavy (non-hydrogen) atoms. The van der Waals surface area contributed by atoms with Crippen molar-refractivity contribution in [1.82, 2.24) is 19.4 Å². The fourth-order valence-corrected chi connectivity index (χ4v) is 5.74. The Morgan fingerprint density at radius 3 is 2.62 bits per heavy atom. The van der Waals surface area contributed by atoms with Gasteiger partial charge in [0.15, 0.2) is 9.84 Å². The van der Waals surface area contributed by atoms with E-state index in [1.54, 1.807) is 6.20 Å². The van der Waals surface area contributed by atoms with Crippen LogP contribution >= 0.6 is 0 Å². The van der Waals surface area contributed by atoms with Crippen LogP contribution in [0.3, 0.4) is 0 Å². The van der Waals surface area contributed by atoms with Crippen molar-refractivity contribution in [3.05, 3.63) is 18.2 Å². The number of imidazole rings is 1. The molecule has 0 radical (unpaired) electrons. The van der Waals surface area contributed by atoms with Gasteiger partial charge in [-0.05, 0) is 5.92 Å². The maximum absolute atomic E-state index is 12.5. The number of aromatic nitrogens is 2. The summed E-state index contributed by atoms with van der Waals surface area (Å²) >= 11 is 0. The van der Waals surface area contributed by atoms with Crippen LogP contribution in [0.1, 0.15) is 26.1 Å². The molecule has 2 atom stereocenters. The normalized spacial score (nSPS) is 26.8. The quantitative estimate of drug-likeness (QED) is 0.776. The second kappa shape index (κ2) is 6.48. The molecule has 3 heterocycles. The summed E-state index contributed by atoms with van der Waals surface area (Å²) in [5, 5.41) is 0. The van der Waals surface area contributed by atoms with E-state index in [1.165, 1.54) is 0 Å². The molecule has 0 aromatic carbocycles. The molecule has 0 aliphatic carbocycles. The number of piperazine rings is 1. The predicted octanol–water partition coefficient (Wildman–Crippen LogP) is 0.276. The Hall–Kier alpha value is -1.41. The van der Waals surface area contributed by atoms with Crippen LogP contribution in [0.4, 0.5) is 0 Å². The Bertz CT molecular complexity index is 713. The summed E-state index contributed by atoms with van der Waals surface area (Å²) in [4.78, 5) is 20.9. The number of carbonyl (C=O) groups is 1. The average Bonchev–Trinajstić information content (AvgIpc) is 3.00. The molecule has 0 spiro atoms. The highest BCUT2D eigenvalue weighted by Crippen LogP contribution is 2.28. The molecule has 2 fully saturated rings. The summed E-state index contributed by atoms with van der Waals surface area (Å²) in [6.45, 7) is 5.92. The van der Waals surface area contributed by atoms with Gasteiger partial charge in [-0.1, -0.05) is 13.8 Å². The smallest absolute Gasteiger partial charge is 0.223 e. The first-order chi connectivity index (χ1) is 11.3. The largest absolute Gasteiger partial charge is 0.337 e. The monoisotopic (exact) mass is 354 g/mol. The molecule has 2 aliphatic heterocycles. The minimum atomic E-state index is -3.11. The zero-order valence-electron chi connectivity index (χ0n) is 14.6. The van der Waals surface area contributed by atoms with Gasteiger partial charge in [-0.3, -0.25) is 9.69 Å². The maximum atomic E-state index is 12.5. The zero-order chi connectivity index (χ0) is 17.5. The van der Waals surface area contributed by atoms with Crippen LogP contribution in [0.25, 0.3) is 0 Å². The van der Waals surface area contributed by atoms with Gasteiger partial charge in [0.05, 0.1) is 24.1 Å². The van der Waals surface area contributed by atoms with Crippen molar-refractivity contribution >= 4 is 15.7 Å². The van der Waals surface area contributed by atoms with Gasteiger partial charge in [0.25, 0.3) is 0 Å². The van der Waals surface area contributed by atoms with Crippen molar-refractivity contribution in [1.29, 1.82) is 0 Å². The first kappa shape index (κ1) is 17.4. The lowest BCUT2D eigenvalue weighted by atomic mass is 10.0. The molecule has 1 aromatic rings. The van der Waals surface area contributed by atoms with E-state index in [2.05, 4.69) is 9.88 Å². The molecule has 0 N–H and O–H groups in total. The Morgan fingerprint density at radius 2 is 2.00 bits per heavy atom. The number of hydrogen-bond acceptors (Lipinski definition) is 5. The minimum Gasteiger partial charge on any atom is -0.337 e. The molecule has 2 aliphatic rings. The van der Waals surface area contributed by atoms with Gasteiger partial charge in [-0.25, -0.2) is 13.4 Å². The number of nitrogens with zero attached hydrogens (tertiary/aromatic N) is 4. The van der Waals surface area contributed by atoms with E-state index in [-0.39, 0.29) is 35.4 Å². The van der Waals surface area contributed by atoms with Crippen LogP contribution in [0.2, 0.25) is 0 Å². The van der Waals surface area contributed by atoms with Crippen LogP contribution in [-0.2, 0) is 28.2 Å². The molecule has 1 amide bonds. The molecule has 2 saturated heterocycles. The molecule has 8 heteroatoms. The molecular weight excluding hydrogens is 328 g/mol. The average molecular weight is 354 g/mol. The summed E-state index contributed by atoms with van der Waals surface area (Å²) in [7, 11) is -1.17. The van der Waals surface area contributed by atoms with E-state index in [9.17, 15) is 13.2 Å². The second-order valence-electron chi connectivity index (χ2n) is 7.32.